The van der Waals surface area contributed by atoms with Crippen LogP contribution in [-0.4, -0.2) is 24.8 Å². The van der Waals surface area contributed by atoms with E-state index in [1.807, 2.05) is 30.3 Å². The molecule has 1 aromatic heterocycles. The molecule has 0 fully saturated rings. The zero-order chi connectivity index (χ0) is 30.0. The van der Waals surface area contributed by atoms with Gasteiger partial charge in [0, 0.05) is 5.56 Å². The number of aromatic nitrogens is 1. The van der Waals surface area contributed by atoms with Gasteiger partial charge in [0.05, 0.1) is 41.6 Å². The number of methoxy groups -OCH3 is 2. The number of hydrogen-bond donors (Lipinski definition) is 0. The maximum atomic E-state index is 13.8. The SMILES string of the molecule is COC(=O)C1=C(C)N=c2sc(=Cc3ccc(OC)c(COc4cccc(C(F)(F)F)c4)c3)c(=O)n2[C@@H]1c1ccccc1. The van der Waals surface area contributed by atoms with Gasteiger partial charge in [0.1, 0.15) is 18.1 Å². The first kappa shape index (κ1) is 28.9. The molecule has 1 aliphatic heterocycles. The summed E-state index contributed by atoms with van der Waals surface area (Å²) in [5.41, 5.74) is 1.54. The molecule has 0 bridgehead atoms. The molecular weight excluding hydrogens is 569 g/mol. The molecule has 0 saturated carbocycles. The number of rotatable bonds is 7. The summed E-state index contributed by atoms with van der Waals surface area (Å²) in [6.07, 6.45) is -2.80. The van der Waals surface area contributed by atoms with Gasteiger partial charge in [-0.2, -0.15) is 13.2 Å². The summed E-state index contributed by atoms with van der Waals surface area (Å²) in [7, 11) is 2.76. The van der Waals surface area contributed by atoms with Crippen molar-refractivity contribution in [2.75, 3.05) is 14.2 Å². The van der Waals surface area contributed by atoms with E-state index in [0.29, 0.717) is 31.9 Å². The monoisotopic (exact) mass is 594 g/mol. The second kappa shape index (κ2) is 11.7. The van der Waals surface area contributed by atoms with Crippen LogP contribution < -0.4 is 24.4 Å². The molecule has 0 spiro atoms. The molecule has 7 nitrogen and oxygen atoms in total. The van der Waals surface area contributed by atoms with Crippen molar-refractivity contribution < 1.29 is 32.2 Å². The van der Waals surface area contributed by atoms with Crippen LogP contribution in [0.15, 0.2) is 93.9 Å². The van der Waals surface area contributed by atoms with Crippen molar-refractivity contribution in [2.24, 2.45) is 4.99 Å². The fourth-order valence-electron chi connectivity index (χ4n) is 4.72. The first-order valence-electron chi connectivity index (χ1n) is 12.7. The van der Waals surface area contributed by atoms with Gasteiger partial charge in [-0.15, -0.1) is 0 Å². The average Bonchev–Trinajstić information content (AvgIpc) is 3.29. The van der Waals surface area contributed by atoms with Gasteiger partial charge >= 0.3 is 12.1 Å². The lowest BCUT2D eigenvalue weighted by molar-refractivity contribution is -0.138. The Morgan fingerprint density at radius 3 is 2.50 bits per heavy atom. The Balaban J connectivity index is 1.53. The Labute approximate surface area is 242 Å². The fraction of sp³-hybridized carbons (Fsp3) is 0.194. The lowest BCUT2D eigenvalue weighted by atomic mass is 9.96. The molecule has 4 aromatic rings. The third-order valence-electron chi connectivity index (χ3n) is 6.70. The Bertz CT molecular complexity index is 1860. The predicted molar refractivity (Wildman–Crippen MR) is 151 cm³/mol. The molecule has 3 aromatic carbocycles. The van der Waals surface area contributed by atoms with E-state index in [0.717, 1.165) is 17.7 Å². The van der Waals surface area contributed by atoms with E-state index in [9.17, 15) is 22.8 Å². The molecule has 0 amide bonds. The number of carbonyl (C=O) groups excluding carboxylic acids is 1. The van der Waals surface area contributed by atoms with Crippen LogP contribution in [0.1, 0.15) is 35.2 Å². The largest absolute Gasteiger partial charge is 0.496 e. The molecule has 0 unspecified atom stereocenters. The van der Waals surface area contributed by atoms with E-state index in [1.165, 1.54) is 42.3 Å². The molecule has 2 heterocycles. The molecule has 1 aliphatic rings. The van der Waals surface area contributed by atoms with Crippen molar-refractivity contribution in [2.45, 2.75) is 25.7 Å². The Morgan fingerprint density at radius 2 is 1.81 bits per heavy atom. The third-order valence-corrected chi connectivity index (χ3v) is 7.68. The van der Waals surface area contributed by atoms with Crippen molar-refractivity contribution in [3.63, 3.8) is 0 Å². The molecule has 11 heteroatoms. The van der Waals surface area contributed by atoms with Crippen LogP contribution in [0.2, 0.25) is 0 Å². The number of fused-ring (bicyclic) bond motifs is 1. The van der Waals surface area contributed by atoms with E-state index in [1.54, 1.807) is 31.2 Å². The first-order valence-corrected chi connectivity index (χ1v) is 13.5. The lowest BCUT2D eigenvalue weighted by Crippen LogP contribution is -2.39. The summed E-state index contributed by atoms with van der Waals surface area (Å²) in [5, 5.41) is 0. The summed E-state index contributed by atoms with van der Waals surface area (Å²) in [4.78, 5) is 31.5. The highest BCUT2D eigenvalue weighted by atomic mass is 32.1. The highest BCUT2D eigenvalue weighted by Gasteiger charge is 2.33. The maximum Gasteiger partial charge on any atom is 0.416 e. The Hall–Kier alpha value is -4.64. The summed E-state index contributed by atoms with van der Waals surface area (Å²) < 4.78 is 57.3. The van der Waals surface area contributed by atoms with Crippen molar-refractivity contribution >= 4 is 23.4 Å². The van der Waals surface area contributed by atoms with Crippen LogP contribution in [0.3, 0.4) is 0 Å². The normalized spacial score (nSPS) is 15.2. The fourth-order valence-corrected chi connectivity index (χ4v) is 5.77. The van der Waals surface area contributed by atoms with E-state index >= 15 is 0 Å². The van der Waals surface area contributed by atoms with Crippen LogP contribution in [0, 0.1) is 0 Å². The van der Waals surface area contributed by atoms with Gasteiger partial charge in [-0.05, 0) is 54.5 Å². The summed E-state index contributed by atoms with van der Waals surface area (Å²) in [6.45, 7) is 1.64. The smallest absolute Gasteiger partial charge is 0.416 e. The topological polar surface area (TPSA) is 79.1 Å². The number of alkyl halides is 3. The molecule has 42 heavy (non-hydrogen) atoms. The van der Waals surface area contributed by atoms with Gasteiger partial charge in [-0.1, -0.05) is 53.8 Å². The van der Waals surface area contributed by atoms with E-state index in [2.05, 4.69) is 4.99 Å². The van der Waals surface area contributed by atoms with Gasteiger partial charge in [-0.25, -0.2) is 9.79 Å². The Kier molecular flexibility index (Phi) is 8.04. The van der Waals surface area contributed by atoms with Gasteiger partial charge in [0.15, 0.2) is 4.80 Å². The van der Waals surface area contributed by atoms with Crippen molar-refractivity contribution in [3.8, 4) is 11.5 Å². The summed E-state index contributed by atoms with van der Waals surface area (Å²) >= 11 is 1.18. The number of allylic oxidation sites excluding steroid dienone is 1. The van der Waals surface area contributed by atoms with Crippen LogP contribution in [0.4, 0.5) is 13.2 Å². The number of thiazole rings is 1. The molecular formula is C31H25F3N2O5S. The minimum atomic E-state index is -4.49. The number of halogens is 3. The molecule has 5 rings (SSSR count). The zero-order valence-electron chi connectivity index (χ0n) is 22.8. The molecule has 1 atom stereocenters. The standard InChI is InChI=1S/C31H25F3N2O5S/c1-18-26(29(38)40-3)27(20-8-5-4-6-9-20)36-28(37)25(42-30(36)35-18)15-19-12-13-24(39-2)21(14-19)17-41-23-11-7-10-22(16-23)31(32,33)34/h4-16,27H,17H2,1-3H3/t27-/m1/s1. The minimum Gasteiger partial charge on any atom is -0.496 e. The number of carbonyl (C=O) groups is 1. The van der Waals surface area contributed by atoms with Gasteiger partial charge in [0.2, 0.25) is 0 Å². The summed E-state index contributed by atoms with van der Waals surface area (Å²) in [5.74, 6) is -0.0359. The molecule has 0 saturated heterocycles. The minimum absolute atomic E-state index is 0.0586. The first-order chi connectivity index (χ1) is 20.1. The molecule has 0 radical (unpaired) electrons. The third kappa shape index (κ3) is 5.73. The second-order valence-corrected chi connectivity index (χ2v) is 10.4. The van der Waals surface area contributed by atoms with Crippen LogP contribution >= 0.6 is 11.3 Å². The summed E-state index contributed by atoms with van der Waals surface area (Å²) in [6, 6.07) is 18.3. The van der Waals surface area contributed by atoms with E-state index in [-0.39, 0.29) is 23.5 Å². The van der Waals surface area contributed by atoms with Crippen molar-refractivity contribution in [1.82, 2.24) is 4.57 Å². The van der Waals surface area contributed by atoms with Gasteiger partial charge in [0.25, 0.3) is 5.56 Å². The van der Waals surface area contributed by atoms with Crippen molar-refractivity contribution in [3.05, 3.63) is 126 Å². The molecule has 216 valence electrons. The van der Waals surface area contributed by atoms with Crippen LogP contribution in [0.25, 0.3) is 6.08 Å². The van der Waals surface area contributed by atoms with Crippen molar-refractivity contribution in [1.29, 1.82) is 0 Å². The lowest BCUT2D eigenvalue weighted by Gasteiger charge is -2.24. The van der Waals surface area contributed by atoms with Crippen LogP contribution in [-0.2, 0) is 22.3 Å². The van der Waals surface area contributed by atoms with E-state index < -0.39 is 23.8 Å². The number of esters is 1. The Morgan fingerprint density at radius 1 is 1.05 bits per heavy atom. The maximum absolute atomic E-state index is 13.8. The average molecular weight is 595 g/mol. The zero-order valence-corrected chi connectivity index (χ0v) is 23.6. The highest BCUT2D eigenvalue weighted by Crippen LogP contribution is 2.32. The van der Waals surface area contributed by atoms with Crippen LogP contribution in [0.5, 0.6) is 11.5 Å². The number of nitrogens with zero attached hydrogens (tertiary/aromatic N) is 2. The number of ether oxygens (including phenoxy) is 3. The van der Waals surface area contributed by atoms with Gasteiger partial charge in [-0.3, -0.25) is 9.36 Å². The predicted octanol–water partition coefficient (Wildman–Crippen LogP) is 5.01. The number of benzene rings is 3. The quantitative estimate of drug-likeness (QED) is 0.281. The highest BCUT2D eigenvalue weighted by molar-refractivity contribution is 7.07. The second-order valence-electron chi connectivity index (χ2n) is 9.37. The molecule has 0 aliphatic carbocycles. The molecule has 0 N–H and O–H groups in total. The van der Waals surface area contributed by atoms with Gasteiger partial charge < -0.3 is 14.2 Å². The number of hydrogen-bond acceptors (Lipinski definition) is 7. The van der Waals surface area contributed by atoms with E-state index in [4.69, 9.17) is 14.2 Å².